The summed E-state index contributed by atoms with van der Waals surface area (Å²) in [6.45, 7) is 5.16. The second-order valence-corrected chi connectivity index (χ2v) is 5.04. The molecule has 0 saturated carbocycles. The molecule has 2 aromatic heterocycles. The fraction of sp³-hybridized carbons (Fsp3) is 0.429. The fourth-order valence-electron chi connectivity index (χ4n) is 2.47. The molecule has 3 rings (SSSR count). The SMILES string of the molecule is Cc1cc(C)nc(-n2cc(C=O)c(C3CCOC3)n2)n1. The van der Waals surface area contributed by atoms with Crippen LogP contribution in [0.4, 0.5) is 0 Å². The van der Waals surface area contributed by atoms with Crippen molar-refractivity contribution in [3.8, 4) is 5.95 Å². The first-order chi connectivity index (χ1) is 9.67. The van der Waals surface area contributed by atoms with Crippen LogP contribution in [0.25, 0.3) is 5.95 Å². The van der Waals surface area contributed by atoms with E-state index in [-0.39, 0.29) is 5.92 Å². The minimum absolute atomic E-state index is 0.183. The predicted octanol–water partition coefficient (Wildman–Crippen LogP) is 1.60. The lowest BCUT2D eigenvalue weighted by Gasteiger charge is -2.04. The van der Waals surface area contributed by atoms with Crippen LogP contribution >= 0.6 is 0 Å². The molecule has 1 atom stereocenters. The molecule has 20 heavy (non-hydrogen) atoms. The first-order valence-corrected chi connectivity index (χ1v) is 6.62. The Morgan fingerprint density at radius 1 is 1.35 bits per heavy atom. The zero-order valence-electron chi connectivity index (χ0n) is 11.5. The summed E-state index contributed by atoms with van der Waals surface area (Å²) in [5, 5.41) is 4.50. The molecule has 104 valence electrons. The topological polar surface area (TPSA) is 69.9 Å². The van der Waals surface area contributed by atoms with Crippen molar-refractivity contribution in [2.75, 3.05) is 13.2 Å². The molecular formula is C14H16N4O2. The molecule has 6 nitrogen and oxygen atoms in total. The molecule has 0 radical (unpaired) electrons. The number of rotatable bonds is 3. The van der Waals surface area contributed by atoms with Crippen LogP contribution < -0.4 is 0 Å². The first kappa shape index (κ1) is 12.9. The quantitative estimate of drug-likeness (QED) is 0.794. The molecule has 0 N–H and O–H groups in total. The zero-order chi connectivity index (χ0) is 14.1. The Hall–Kier alpha value is -2.08. The van der Waals surface area contributed by atoms with E-state index in [1.807, 2.05) is 19.9 Å². The lowest BCUT2D eigenvalue weighted by atomic mass is 10.0. The van der Waals surface area contributed by atoms with Crippen molar-refractivity contribution < 1.29 is 9.53 Å². The van der Waals surface area contributed by atoms with E-state index >= 15 is 0 Å². The number of hydrogen-bond acceptors (Lipinski definition) is 5. The largest absolute Gasteiger partial charge is 0.381 e. The summed E-state index contributed by atoms with van der Waals surface area (Å²) < 4.78 is 6.95. The highest BCUT2D eigenvalue weighted by Crippen LogP contribution is 2.26. The van der Waals surface area contributed by atoms with Crippen LogP contribution in [0.1, 0.15) is 39.8 Å². The van der Waals surface area contributed by atoms with Gasteiger partial charge in [0.1, 0.15) is 0 Å². The van der Waals surface area contributed by atoms with Gasteiger partial charge in [-0.05, 0) is 26.3 Å². The van der Waals surface area contributed by atoms with Crippen molar-refractivity contribution in [2.45, 2.75) is 26.2 Å². The molecule has 1 fully saturated rings. The van der Waals surface area contributed by atoms with Crippen molar-refractivity contribution in [3.05, 3.63) is 34.9 Å². The maximum Gasteiger partial charge on any atom is 0.250 e. The van der Waals surface area contributed by atoms with Gasteiger partial charge in [0.05, 0.1) is 17.9 Å². The number of aldehydes is 1. The van der Waals surface area contributed by atoms with Crippen LogP contribution in [-0.2, 0) is 4.74 Å². The van der Waals surface area contributed by atoms with Crippen LogP contribution in [0.5, 0.6) is 0 Å². The highest BCUT2D eigenvalue weighted by molar-refractivity contribution is 5.76. The molecule has 2 aromatic rings. The standard InChI is InChI=1S/C14H16N4O2/c1-9-5-10(2)16-14(15-9)18-6-12(7-19)13(17-18)11-3-4-20-8-11/h5-7,11H,3-4,8H2,1-2H3. The van der Waals surface area contributed by atoms with E-state index in [1.165, 1.54) is 0 Å². The van der Waals surface area contributed by atoms with Crippen molar-refractivity contribution in [1.82, 2.24) is 19.7 Å². The Morgan fingerprint density at radius 3 is 2.70 bits per heavy atom. The Morgan fingerprint density at radius 2 is 2.10 bits per heavy atom. The van der Waals surface area contributed by atoms with E-state index in [2.05, 4.69) is 15.1 Å². The highest BCUT2D eigenvalue weighted by atomic mass is 16.5. The van der Waals surface area contributed by atoms with Crippen LogP contribution in [0.2, 0.25) is 0 Å². The lowest BCUT2D eigenvalue weighted by molar-refractivity contribution is 0.112. The second kappa shape index (κ2) is 5.13. The molecule has 1 aliphatic heterocycles. The molecule has 6 heteroatoms. The summed E-state index contributed by atoms with van der Waals surface area (Å²) in [6.07, 6.45) is 3.42. The first-order valence-electron chi connectivity index (χ1n) is 6.62. The third-order valence-electron chi connectivity index (χ3n) is 3.39. The summed E-state index contributed by atoms with van der Waals surface area (Å²) in [6, 6.07) is 1.90. The monoisotopic (exact) mass is 272 g/mol. The van der Waals surface area contributed by atoms with E-state index in [4.69, 9.17) is 4.74 Å². The van der Waals surface area contributed by atoms with Crippen molar-refractivity contribution in [2.24, 2.45) is 0 Å². The molecule has 0 spiro atoms. The number of carbonyl (C=O) groups is 1. The van der Waals surface area contributed by atoms with Gasteiger partial charge in [-0.15, -0.1) is 0 Å². The van der Waals surface area contributed by atoms with Gasteiger partial charge >= 0.3 is 0 Å². The molecular weight excluding hydrogens is 256 g/mol. The van der Waals surface area contributed by atoms with E-state index in [1.54, 1.807) is 10.9 Å². The molecule has 1 unspecified atom stereocenters. The van der Waals surface area contributed by atoms with E-state index in [0.29, 0.717) is 18.1 Å². The maximum absolute atomic E-state index is 11.2. The molecule has 0 aromatic carbocycles. The lowest BCUT2D eigenvalue weighted by Crippen LogP contribution is -2.06. The molecule has 0 aliphatic carbocycles. The number of ether oxygens (including phenoxy) is 1. The van der Waals surface area contributed by atoms with Gasteiger partial charge < -0.3 is 4.74 Å². The normalized spacial score (nSPS) is 18.4. The number of hydrogen-bond donors (Lipinski definition) is 0. The number of aromatic nitrogens is 4. The number of aryl methyl sites for hydroxylation is 2. The molecule has 1 aliphatic rings. The minimum Gasteiger partial charge on any atom is -0.381 e. The van der Waals surface area contributed by atoms with E-state index in [0.717, 1.165) is 36.4 Å². The summed E-state index contributed by atoms with van der Waals surface area (Å²) >= 11 is 0. The third kappa shape index (κ3) is 2.34. The Labute approximate surface area is 116 Å². The second-order valence-electron chi connectivity index (χ2n) is 5.04. The summed E-state index contributed by atoms with van der Waals surface area (Å²) in [7, 11) is 0. The fourth-order valence-corrected chi connectivity index (χ4v) is 2.47. The van der Waals surface area contributed by atoms with Crippen LogP contribution in [0, 0.1) is 13.8 Å². The van der Waals surface area contributed by atoms with Gasteiger partial charge in [0.2, 0.25) is 0 Å². The molecule has 1 saturated heterocycles. The van der Waals surface area contributed by atoms with Gasteiger partial charge in [0, 0.05) is 30.1 Å². The van der Waals surface area contributed by atoms with Gasteiger partial charge in [0.15, 0.2) is 6.29 Å². The van der Waals surface area contributed by atoms with Gasteiger partial charge in [-0.1, -0.05) is 0 Å². The van der Waals surface area contributed by atoms with E-state index in [9.17, 15) is 4.79 Å². The average molecular weight is 272 g/mol. The molecule has 3 heterocycles. The predicted molar refractivity (Wildman–Crippen MR) is 72.2 cm³/mol. The molecule has 0 amide bonds. The highest BCUT2D eigenvalue weighted by Gasteiger charge is 2.24. The van der Waals surface area contributed by atoms with Crippen LogP contribution in [-0.4, -0.2) is 39.2 Å². The van der Waals surface area contributed by atoms with E-state index < -0.39 is 0 Å². The summed E-state index contributed by atoms with van der Waals surface area (Å²) in [5.74, 6) is 0.679. The smallest absolute Gasteiger partial charge is 0.250 e. The number of carbonyl (C=O) groups excluding carboxylic acids is 1. The third-order valence-corrected chi connectivity index (χ3v) is 3.39. The molecule has 0 bridgehead atoms. The van der Waals surface area contributed by atoms with Gasteiger partial charge in [0.25, 0.3) is 5.95 Å². The minimum atomic E-state index is 0.183. The van der Waals surface area contributed by atoms with Gasteiger partial charge in [-0.2, -0.15) is 5.10 Å². The maximum atomic E-state index is 11.2. The average Bonchev–Trinajstić information content (AvgIpc) is 3.06. The Bertz CT molecular complexity index is 624. The summed E-state index contributed by atoms with van der Waals surface area (Å²) in [4.78, 5) is 20.0. The Kier molecular flexibility index (Phi) is 3.31. The number of nitrogens with zero attached hydrogens (tertiary/aromatic N) is 4. The van der Waals surface area contributed by atoms with Crippen molar-refractivity contribution in [1.29, 1.82) is 0 Å². The van der Waals surface area contributed by atoms with Crippen molar-refractivity contribution >= 4 is 6.29 Å². The van der Waals surface area contributed by atoms with Crippen LogP contribution in [0.15, 0.2) is 12.3 Å². The van der Waals surface area contributed by atoms with Gasteiger partial charge in [-0.3, -0.25) is 4.79 Å². The van der Waals surface area contributed by atoms with Crippen molar-refractivity contribution in [3.63, 3.8) is 0 Å². The zero-order valence-corrected chi connectivity index (χ0v) is 11.5. The Balaban J connectivity index is 2.03. The summed E-state index contributed by atoms with van der Waals surface area (Å²) in [5.41, 5.74) is 3.12. The van der Waals surface area contributed by atoms with Crippen LogP contribution in [0.3, 0.4) is 0 Å². The van der Waals surface area contributed by atoms with Gasteiger partial charge in [-0.25, -0.2) is 14.6 Å².